The van der Waals surface area contributed by atoms with Gasteiger partial charge >= 0.3 is 0 Å². The molecule has 0 spiro atoms. The molecule has 1 fully saturated rings. The minimum atomic E-state index is -0.673. The first kappa shape index (κ1) is 16.2. The maximum atomic E-state index is 11.0. The van der Waals surface area contributed by atoms with Crippen LogP contribution < -0.4 is 0 Å². The van der Waals surface area contributed by atoms with Gasteiger partial charge in [0.15, 0.2) is 0 Å². The standard InChI is InChI=1S/C15H25ClN2OS/c1-5-11-13(16)12(18(6-2)17-11)7-15(19)8-14(3,4)9-20-10-15/h19H,5-10H2,1-4H3. The molecular formula is C15H25ClN2OS. The van der Waals surface area contributed by atoms with Crippen LogP contribution in [0.2, 0.25) is 5.02 Å². The number of hydrogen-bond acceptors (Lipinski definition) is 3. The van der Waals surface area contributed by atoms with Gasteiger partial charge in [0, 0.05) is 18.7 Å². The zero-order chi connectivity index (χ0) is 15.0. The number of nitrogens with zero attached hydrogens (tertiary/aromatic N) is 2. The van der Waals surface area contributed by atoms with Crippen LogP contribution in [0.25, 0.3) is 0 Å². The molecule has 1 unspecified atom stereocenters. The number of halogens is 1. The van der Waals surface area contributed by atoms with Gasteiger partial charge in [-0.1, -0.05) is 32.4 Å². The van der Waals surface area contributed by atoms with E-state index in [1.807, 2.05) is 16.4 Å². The van der Waals surface area contributed by atoms with E-state index in [1.165, 1.54) is 0 Å². The lowest BCUT2D eigenvalue weighted by Crippen LogP contribution is -2.44. The fraction of sp³-hybridized carbons (Fsp3) is 0.800. The van der Waals surface area contributed by atoms with Crippen molar-refractivity contribution in [2.75, 3.05) is 11.5 Å². The highest BCUT2D eigenvalue weighted by atomic mass is 35.5. The minimum Gasteiger partial charge on any atom is -0.389 e. The molecule has 1 aliphatic heterocycles. The molecule has 1 aromatic rings. The van der Waals surface area contributed by atoms with E-state index in [4.69, 9.17) is 11.6 Å². The van der Waals surface area contributed by atoms with Crippen LogP contribution in [0.5, 0.6) is 0 Å². The molecule has 3 nitrogen and oxygen atoms in total. The normalized spacial score (nSPS) is 25.9. The molecule has 2 rings (SSSR count). The molecule has 20 heavy (non-hydrogen) atoms. The average Bonchev–Trinajstić information content (AvgIpc) is 2.64. The van der Waals surface area contributed by atoms with Crippen molar-refractivity contribution in [3.8, 4) is 0 Å². The highest BCUT2D eigenvalue weighted by Gasteiger charge is 2.40. The Morgan fingerprint density at radius 2 is 2.05 bits per heavy atom. The van der Waals surface area contributed by atoms with Crippen LogP contribution >= 0.6 is 23.4 Å². The maximum absolute atomic E-state index is 11.0. The number of aliphatic hydroxyl groups is 1. The van der Waals surface area contributed by atoms with E-state index in [9.17, 15) is 5.11 Å². The van der Waals surface area contributed by atoms with Crippen molar-refractivity contribution in [3.63, 3.8) is 0 Å². The SMILES string of the molecule is CCc1nn(CC)c(CC2(O)CSCC(C)(C)C2)c1Cl. The summed E-state index contributed by atoms with van der Waals surface area (Å²) in [5.41, 5.74) is 1.43. The lowest BCUT2D eigenvalue weighted by molar-refractivity contribution is 0.0183. The van der Waals surface area contributed by atoms with Gasteiger partial charge in [0.05, 0.1) is 22.0 Å². The van der Waals surface area contributed by atoms with E-state index < -0.39 is 5.60 Å². The predicted molar refractivity (Wildman–Crippen MR) is 86.7 cm³/mol. The van der Waals surface area contributed by atoms with Crippen molar-refractivity contribution in [1.29, 1.82) is 0 Å². The van der Waals surface area contributed by atoms with Crippen LogP contribution in [0.3, 0.4) is 0 Å². The van der Waals surface area contributed by atoms with Gasteiger partial charge in [-0.15, -0.1) is 0 Å². The van der Waals surface area contributed by atoms with Crippen molar-refractivity contribution in [2.24, 2.45) is 5.41 Å². The fourth-order valence-corrected chi connectivity index (χ4v) is 4.80. The van der Waals surface area contributed by atoms with Gasteiger partial charge in [0.2, 0.25) is 0 Å². The predicted octanol–water partition coefficient (Wildman–Crippen LogP) is 3.56. The molecule has 1 saturated heterocycles. The summed E-state index contributed by atoms with van der Waals surface area (Å²) in [6, 6.07) is 0. The summed E-state index contributed by atoms with van der Waals surface area (Å²) >= 11 is 8.30. The van der Waals surface area contributed by atoms with Crippen molar-refractivity contribution in [3.05, 3.63) is 16.4 Å². The van der Waals surface area contributed by atoms with E-state index in [2.05, 4.69) is 32.8 Å². The maximum Gasteiger partial charge on any atom is 0.0850 e. The summed E-state index contributed by atoms with van der Waals surface area (Å²) in [4.78, 5) is 0. The van der Waals surface area contributed by atoms with Crippen LogP contribution in [0.1, 0.15) is 45.5 Å². The summed E-state index contributed by atoms with van der Waals surface area (Å²) in [6.45, 7) is 9.37. The molecule has 5 heteroatoms. The monoisotopic (exact) mass is 316 g/mol. The third-order valence-electron chi connectivity index (χ3n) is 3.86. The summed E-state index contributed by atoms with van der Waals surface area (Å²) in [5.74, 6) is 1.89. The first-order valence-electron chi connectivity index (χ1n) is 7.34. The van der Waals surface area contributed by atoms with Gasteiger partial charge < -0.3 is 5.11 Å². The second-order valence-electron chi connectivity index (χ2n) is 6.61. The lowest BCUT2D eigenvalue weighted by atomic mass is 9.80. The molecule has 114 valence electrons. The Bertz CT molecular complexity index is 486. The summed E-state index contributed by atoms with van der Waals surface area (Å²) in [5, 5.41) is 16.3. The molecule has 1 aliphatic rings. The van der Waals surface area contributed by atoms with Gasteiger partial charge in [-0.3, -0.25) is 4.68 Å². The van der Waals surface area contributed by atoms with E-state index in [-0.39, 0.29) is 5.41 Å². The number of hydrogen-bond donors (Lipinski definition) is 1. The number of aryl methyl sites for hydroxylation is 2. The Labute approximate surface area is 131 Å². The van der Waals surface area contributed by atoms with Gasteiger partial charge in [-0.25, -0.2) is 0 Å². The topological polar surface area (TPSA) is 38.0 Å². The molecule has 0 saturated carbocycles. The number of thioether (sulfide) groups is 1. The smallest absolute Gasteiger partial charge is 0.0850 e. The molecule has 0 aliphatic carbocycles. The van der Waals surface area contributed by atoms with Crippen LogP contribution in [0, 0.1) is 5.41 Å². The van der Waals surface area contributed by atoms with Crippen molar-refractivity contribution >= 4 is 23.4 Å². The quantitative estimate of drug-likeness (QED) is 0.923. The van der Waals surface area contributed by atoms with Gasteiger partial charge in [0.1, 0.15) is 0 Å². The van der Waals surface area contributed by atoms with Gasteiger partial charge in [-0.05, 0) is 30.9 Å². The molecular weight excluding hydrogens is 292 g/mol. The summed E-state index contributed by atoms with van der Waals surface area (Å²) < 4.78 is 1.95. The number of rotatable bonds is 4. The molecule has 2 heterocycles. The summed E-state index contributed by atoms with van der Waals surface area (Å²) in [7, 11) is 0. The van der Waals surface area contributed by atoms with E-state index in [0.717, 1.165) is 47.3 Å². The number of aromatic nitrogens is 2. The molecule has 1 atom stereocenters. The largest absolute Gasteiger partial charge is 0.389 e. The zero-order valence-electron chi connectivity index (χ0n) is 12.9. The minimum absolute atomic E-state index is 0.175. The Hall–Kier alpha value is -0.190. The van der Waals surface area contributed by atoms with Crippen molar-refractivity contribution in [1.82, 2.24) is 9.78 Å². The molecule has 1 N–H and O–H groups in total. The molecule has 0 aromatic carbocycles. The molecule has 0 bridgehead atoms. The van der Waals surface area contributed by atoms with Crippen LogP contribution in [0.15, 0.2) is 0 Å². The summed E-state index contributed by atoms with van der Waals surface area (Å²) in [6.07, 6.45) is 2.25. The first-order chi connectivity index (χ1) is 9.30. The molecule has 1 aromatic heterocycles. The highest BCUT2D eigenvalue weighted by Crippen LogP contribution is 2.41. The Morgan fingerprint density at radius 1 is 1.35 bits per heavy atom. The van der Waals surface area contributed by atoms with Crippen LogP contribution in [-0.2, 0) is 19.4 Å². The van der Waals surface area contributed by atoms with E-state index in [1.54, 1.807) is 0 Å². The fourth-order valence-electron chi connectivity index (χ4n) is 3.12. The Balaban J connectivity index is 2.27. The molecule has 0 radical (unpaired) electrons. The van der Waals surface area contributed by atoms with Gasteiger partial charge in [-0.2, -0.15) is 16.9 Å². The van der Waals surface area contributed by atoms with Gasteiger partial charge in [0.25, 0.3) is 0 Å². The van der Waals surface area contributed by atoms with Crippen molar-refractivity contribution < 1.29 is 5.11 Å². The lowest BCUT2D eigenvalue weighted by Gasteiger charge is -2.41. The van der Waals surface area contributed by atoms with E-state index in [0.29, 0.717) is 6.42 Å². The highest BCUT2D eigenvalue weighted by molar-refractivity contribution is 7.99. The van der Waals surface area contributed by atoms with E-state index >= 15 is 0 Å². The zero-order valence-corrected chi connectivity index (χ0v) is 14.4. The Kier molecular flexibility index (Phi) is 4.77. The van der Waals surface area contributed by atoms with Crippen LogP contribution in [-0.4, -0.2) is 32.0 Å². The second-order valence-corrected chi connectivity index (χ2v) is 7.98. The third kappa shape index (κ3) is 3.34. The Morgan fingerprint density at radius 3 is 2.60 bits per heavy atom. The first-order valence-corrected chi connectivity index (χ1v) is 8.88. The average molecular weight is 317 g/mol. The third-order valence-corrected chi connectivity index (χ3v) is 6.03. The molecule has 0 amide bonds. The van der Waals surface area contributed by atoms with Crippen LogP contribution in [0.4, 0.5) is 0 Å². The van der Waals surface area contributed by atoms with Crippen molar-refractivity contribution in [2.45, 2.75) is 59.1 Å². The second kappa shape index (κ2) is 5.90.